The minimum atomic E-state index is -0.205. The summed E-state index contributed by atoms with van der Waals surface area (Å²) in [5.74, 6) is 0.302. The highest BCUT2D eigenvalue weighted by atomic mass is 127. The zero-order valence-corrected chi connectivity index (χ0v) is 18.2. The quantitative estimate of drug-likeness (QED) is 0.355. The summed E-state index contributed by atoms with van der Waals surface area (Å²) >= 11 is 7.53. The fourth-order valence-electron chi connectivity index (χ4n) is 2.58. The summed E-state index contributed by atoms with van der Waals surface area (Å²) in [5.41, 5.74) is 2.35. The van der Waals surface area contributed by atoms with Crippen molar-refractivity contribution in [2.75, 3.05) is 5.32 Å². The lowest BCUT2D eigenvalue weighted by Crippen LogP contribution is -2.29. The van der Waals surface area contributed by atoms with Gasteiger partial charge in [0.15, 0.2) is 0 Å². The predicted octanol–water partition coefficient (Wildman–Crippen LogP) is 5.56. The molecule has 0 fully saturated rings. The maximum Gasteiger partial charge on any atom is 0.262 e. The van der Waals surface area contributed by atoms with Crippen LogP contribution in [-0.2, 0) is 0 Å². The van der Waals surface area contributed by atoms with E-state index in [1.165, 1.54) is 0 Å². The molecule has 0 saturated heterocycles. The Morgan fingerprint density at radius 2 is 1.71 bits per heavy atom. The molecule has 0 saturated carbocycles. The van der Waals surface area contributed by atoms with Crippen molar-refractivity contribution in [3.63, 3.8) is 0 Å². The molecule has 1 atom stereocenters. The third-order valence-corrected chi connectivity index (χ3v) is 4.96. The molecule has 142 valence electrons. The number of ether oxygens (including phenoxy) is 1. The molecule has 28 heavy (non-hydrogen) atoms. The van der Waals surface area contributed by atoms with Gasteiger partial charge in [-0.2, -0.15) is 0 Å². The van der Waals surface area contributed by atoms with E-state index >= 15 is 0 Å². The Labute approximate surface area is 183 Å². The number of nitrogens with one attached hydrogen (secondary N) is 2. The zero-order valence-electron chi connectivity index (χ0n) is 15.2. The van der Waals surface area contributed by atoms with Gasteiger partial charge >= 0.3 is 0 Å². The van der Waals surface area contributed by atoms with Crippen molar-refractivity contribution >= 4 is 51.6 Å². The monoisotopic (exact) mass is 502 g/mol. The van der Waals surface area contributed by atoms with Crippen molar-refractivity contribution in [3.8, 4) is 5.75 Å². The maximum absolute atomic E-state index is 12.5. The molecule has 0 spiro atoms. The van der Waals surface area contributed by atoms with Crippen LogP contribution in [0.25, 0.3) is 0 Å². The smallest absolute Gasteiger partial charge is 0.262 e. The van der Waals surface area contributed by atoms with Crippen molar-refractivity contribution in [3.05, 3.63) is 93.6 Å². The lowest BCUT2D eigenvalue weighted by Gasteiger charge is -2.16. The van der Waals surface area contributed by atoms with Gasteiger partial charge < -0.3 is 15.4 Å². The molecule has 0 bridgehead atoms. The Morgan fingerprint density at radius 3 is 2.43 bits per heavy atom. The van der Waals surface area contributed by atoms with Crippen LogP contribution in [0, 0.1) is 3.57 Å². The summed E-state index contributed by atoms with van der Waals surface area (Å²) < 4.78 is 6.81. The molecule has 2 N–H and O–H groups in total. The van der Waals surface area contributed by atoms with Crippen LogP contribution in [0.1, 0.15) is 28.9 Å². The van der Waals surface area contributed by atoms with Crippen LogP contribution in [0.15, 0.2) is 78.9 Å². The van der Waals surface area contributed by atoms with Crippen LogP contribution in [0.2, 0.25) is 0 Å². The minimum absolute atomic E-state index is 0.0149. The molecule has 3 aromatic carbocycles. The molecule has 0 aliphatic carbocycles. The number of anilines is 1. The van der Waals surface area contributed by atoms with Gasteiger partial charge in [-0.15, -0.1) is 0 Å². The first kappa shape index (κ1) is 20.3. The minimum Gasteiger partial charge on any atom is -0.432 e. The number of halogens is 1. The van der Waals surface area contributed by atoms with Gasteiger partial charge in [-0.05, 0) is 89.8 Å². The van der Waals surface area contributed by atoms with Gasteiger partial charge in [-0.25, -0.2) is 0 Å². The molecule has 6 heteroatoms. The lowest BCUT2D eigenvalue weighted by molar-refractivity contribution is 0.102. The van der Waals surface area contributed by atoms with E-state index in [2.05, 4.69) is 33.2 Å². The van der Waals surface area contributed by atoms with Gasteiger partial charge in [0.2, 0.25) is 0 Å². The normalized spacial score (nSPS) is 11.4. The molecule has 3 rings (SSSR count). The van der Waals surface area contributed by atoms with E-state index < -0.39 is 0 Å². The zero-order chi connectivity index (χ0) is 19.9. The highest BCUT2D eigenvalue weighted by Crippen LogP contribution is 2.18. The first-order valence-electron chi connectivity index (χ1n) is 8.71. The number of amides is 1. The first-order chi connectivity index (χ1) is 13.5. The predicted molar refractivity (Wildman–Crippen MR) is 125 cm³/mol. The molecule has 1 amide bonds. The summed E-state index contributed by atoms with van der Waals surface area (Å²) in [6, 6.07) is 24.5. The topological polar surface area (TPSA) is 50.4 Å². The molecule has 0 aromatic heterocycles. The molecule has 0 unspecified atom stereocenters. The van der Waals surface area contributed by atoms with Gasteiger partial charge in [0.1, 0.15) is 5.75 Å². The number of thiocarbonyl (C=S) groups is 1. The summed E-state index contributed by atoms with van der Waals surface area (Å²) in [7, 11) is 0. The Bertz CT molecular complexity index is 962. The van der Waals surface area contributed by atoms with Gasteiger partial charge in [0.05, 0.1) is 6.04 Å². The van der Waals surface area contributed by atoms with E-state index in [-0.39, 0.29) is 17.1 Å². The van der Waals surface area contributed by atoms with Crippen molar-refractivity contribution in [2.24, 2.45) is 0 Å². The second-order valence-corrected chi connectivity index (χ2v) is 7.77. The van der Waals surface area contributed by atoms with Crippen LogP contribution in [0.3, 0.4) is 0 Å². The molecular weight excluding hydrogens is 483 g/mol. The third kappa shape index (κ3) is 5.77. The van der Waals surface area contributed by atoms with Gasteiger partial charge in [0.25, 0.3) is 11.1 Å². The molecule has 4 nitrogen and oxygen atoms in total. The summed E-state index contributed by atoms with van der Waals surface area (Å²) in [6.45, 7) is 2.01. The maximum atomic E-state index is 12.5. The third-order valence-electron chi connectivity index (χ3n) is 4.04. The van der Waals surface area contributed by atoms with Crippen molar-refractivity contribution < 1.29 is 9.53 Å². The first-order valence-corrected chi connectivity index (χ1v) is 10.2. The van der Waals surface area contributed by atoms with E-state index in [4.69, 9.17) is 17.0 Å². The average Bonchev–Trinajstić information content (AvgIpc) is 2.70. The number of benzene rings is 3. The highest BCUT2D eigenvalue weighted by molar-refractivity contribution is 14.1. The number of carbonyl (C=O) groups is 1. The molecule has 0 aliphatic heterocycles. The fourth-order valence-corrected chi connectivity index (χ4v) is 3.21. The van der Waals surface area contributed by atoms with E-state index in [1.807, 2.05) is 61.5 Å². The van der Waals surface area contributed by atoms with Crippen molar-refractivity contribution in [1.82, 2.24) is 5.32 Å². The largest absolute Gasteiger partial charge is 0.432 e. The van der Waals surface area contributed by atoms with Crippen LogP contribution >= 0.6 is 34.8 Å². The SMILES string of the molecule is C[C@@H](NC(=S)Oc1cccc(C(=O)Nc2ccc(I)cc2)c1)c1ccccc1. The Hall–Kier alpha value is -2.45. The van der Waals surface area contributed by atoms with Gasteiger partial charge in [-0.1, -0.05) is 36.4 Å². The van der Waals surface area contributed by atoms with Crippen molar-refractivity contribution in [1.29, 1.82) is 0 Å². The number of rotatable bonds is 5. The second-order valence-electron chi connectivity index (χ2n) is 6.16. The second kappa shape index (κ2) is 9.66. The highest BCUT2D eigenvalue weighted by Gasteiger charge is 2.11. The average molecular weight is 502 g/mol. The van der Waals surface area contributed by atoms with E-state index in [9.17, 15) is 4.79 Å². The van der Waals surface area contributed by atoms with Crippen LogP contribution in [0.5, 0.6) is 5.75 Å². The molecular formula is C22H19IN2O2S. The van der Waals surface area contributed by atoms with E-state index in [1.54, 1.807) is 24.3 Å². The molecule has 0 aliphatic rings. The van der Waals surface area contributed by atoms with Gasteiger partial charge in [0, 0.05) is 14.8 Å². The van der Waals surface area contributed by atoms with E-state index in [0.717, 1.165) is 14.8 Å². The number of carbonyl (C=O) groups excluding carboxylic acids is 1. The van der Waals surface area contributed by atoms with Crippen LogP contribution in [0.4, 0.5) is 5.69 Å². The molecule has 3 aromatic rings. The Balaban J connectivity index is 1.61. The Morgan fingerprint density at radius 1 is 1.00 bits per heavy atom. The van der Waals surface area contributed by atoms with E-state index in [0.29, 0.717) is 11.3 Å². The summed E-state index contributed by atoms with van der Waals surface area (Å²) in [5, 5.41) is 6.28. The van der Waals surface area contributed by atoms with Crippen LogP contribution < -0.4 is 15.4 Å². The van der Waals surface area contributed by atoms with Gasteiger partial charge in [-0.3, -0.25) is 4.79 Å². The van der Waals surface area contributed by atoms with Crippen molar-refractivity contribution in [2.45, 2.75) is 13.0 Å². The number of hydrogen-bond acceptors (Lipinski definition) is 3. The summed E-state index contributed by atoms with van der Waals surface area (Å²) in [6.07, 6.45) is 0. The fraction of sp³-hybridized carbons (Fsp3) is 0.0909. The molecule has 0 radical (unpaired) electrons. The summed E-state index contributed by atoms with van der Waals surface area (Å²) in [4.78, 5) is 12.5. The number of hydrogen-bond donors (Lipinski definition) is 2. The van der Waals surface area contributed by atoms with Crippen LogP contribution in [-0.4, -0.2) is 11.1 Å². The lowest BCUT2D eigenvalue weighted by atomic mass is 10.1. The standard InChI is InChI=1S/C22H19IN2O2S/c1-15(16-6-3-2-4-7-16)24-22(28)27-20-9-5-8-17(14-20)21(26)25-19-12-10-18(23)11-13-19/h2-15H,1H3,(H,24,28)(H,25,26)/t15-/m1/s1. The molecule has 0 heterocycles. The Kier molecular flexibility index (Phi) is 7.00.